The molecule has 0 amide bonds. The van der Waals surface area contributed by atoms with E-state index in [0.29, 0.717) is 6.61 Å². The monoisotopic (exact) mass is 162 g/mol. The van der Waals surface area contributed by atoms with Crippen LogP contribution in [-0.2, 0) is 19.0 Å². The number of hydrogen-bond donors (Lipinski definition) is 0. The van der Waals surface area contributed by atoms with E-state index in [-0.39, 0.29) is 18.9 Å². The van der Waals surface area contributed by atoms with Gasteiger partial charge >= 0.3 is 5.97 Å². The molecule has 0 fully saturated rings. The molecule has 4 heteroatoms. The molecule has 0 aliphatic rings. The summed E-state index contributed by atoms with van der Waals surface area (Å²) in [6.45, 7) is 3.73. The Balaban J connectivity index is 3.22. The first kappa shape index (κ1) is 10.4. The summed E-state index contributed by atoms with van der Waals surface area (Å²) in [6.07, 6.45) is -0.206. The van der Waals surface area contributed by atoms with Gasteiger partial charge in [-0.15, -0.1) is 0 Å². The molecule has 1 unspecified atom stereocenters. The van der Waals surface area contributed by atoms with Gasteiger partial charge in [-0.2, -0.15) is 0 Å². The quantitative estimate of drug-likeness (QED) is 0.336. The second-order valence-corrected chi connectivity index (χ2v) is 2.20. The van der Waals surface area contributed by atoms with Gasteiger partial charge in [-0.25, -0.2) is 0 Å². The average Bonchev–Trinajstić information content (AvgIpc) is 1.86. The average molecular weight is 162 g/mol. The largest absolute Gasteiger partial charge is 0.460 e. The molecule has 0 rings (SSSR count). The Labute approximate surface area is 66.4 Å². The highest BCUT2D eigenvalue weighted by atomic mass is 16.7. The van der Waals surface area contributed by atoms with E-state index in [2.05, 4.69) is 4.74 Å². The number of ether oxygens (including phenoxy) is 3. The Bertz CT molecular complexity index is 113. The Morgan fingerprint density at radius 1 is 1.55 bits per heavy atom. The summed E-state index contributed by atoms with van der Waals surface area (Å²) in [4.78, 5) is 10.4. The summed E-state index contributed by atoms with van der Waals surface area (Å²) in [6, 6.07) is 0. The molecule has 0 saturated carbocycles. The molecule has 11 heavy (non-hydrogen) atoms. The number of esters is 1. The zero-order valence-corrected chi connectivity index (χ0v) is 7.12. The SMILES string of the molecule is COCOCC(C)OC(C)=O. The minimum absolute atomic E-state index is 0.206. The van der Waals surface area contributed by atoms with Crippen molar-refractivity contribution in [1.82, 2.24) is 0 Å². The first-order valence-corrected chi connectivity index (χ1v) is 3.40. The van der Waals surface area contributed by atoms with Crippen LogP contribution in [-0.4, -0.2) is 32.6 Å². The van der Waals surface area contributed by atoms with E-state index in [4.69, 9.17) is 9.47 Å². The van der Waals surface area contributed by atoms with Gasteiger partial charge in [0.15, 0.2) is 0 Å². The van der Waals surface area contributed by atoms with E-state index in [1.807, 2.05) is 0 Å². The van der Waals surface area contributed by atoms with Gasteiger partial charge in [-0.3, -0.25) is 4.79 Å². The molecule has 0 aromatic rings. The number of rotatable bonds is 5. The molecule has 0 saturated heterocycles. The van der Waals surface area contributed by atoms with Crippen LogP contribution in [0.1, 0.15) is 13.8 Å². The van der Waals surface area contributed by atoms with Crippen molar-refractivity contribution in [3.63, 3.8) is 0 Å². The van der Waals surface area contributed by atoms with E-state index >= 15 is 0 Å². The maximum Gasteiger partial charge on any atom is 0.302 e. The lowest BCUT2D eigenvalue weighted by Gasteiger charge is -2.10. The summed E-state index contributed by atoms with van der Waals surface area (Å²) in [5, 5.41) is 0. The first-order chi connectivity index (χ1) is 5.16. The van der Waals surface area contributed by atoms with Gasteiger partial charge in [0.2, 0.25) is 0 Å². The highest BCUT2D eigenvalue weighted by molar-refractivity contribution is 5.66. The van der Waals surface area contributed by atoms with Crippen molar-refractivity contribution in [2.24, 2.45) is 0 Å². The van der Waals surface area contributed by atoms with Gasteiger partial charge < -0.3 is 14.2 Å². The van der Waals surface area contributed by atoms with Crippen LogP contribution in [0.25, 0.3) is 0 Å². The molecule has 0 heterocycles. The second-order valence-electron chi connectivity index (χ2n) is 2.20. The van der Waals surface area contributed by atoms with Gasteiger partial charge in [0, 0.05) is 14.0 Å². The molecular weight excluding hydrogens is 148 g/mol. The van der Waals surface area contributed by atoms with E-state index < -0.39 is 0 Å². The zero-order valence-electron chi connectivity index (χ0n) is 7.12. The predicted octanol–water partition coefficient (Wildman–Crippen LogP) is 0.558. The summed E-state index contributed by atoms with van der Waals surface area (Å²) < 4.78 is 14.4. The number of carbonyl (C=O) groups is 1. The molecule has 0 radical (unpaired) electrons. The van der Waals surface area contributed by atoms with E-state index in [0.717, 1.165) is 0 Å². The van der Waals surface area contributed by atoms with Crippen molar-refractivity contribution in [3.8, 4) is 0 Å². The minimum atomic E-state index is -0.293. The second kappa shape index (κ2) is 6.12. The minimum Gasteiger partial charge on any atom is -0.460 e. The highest BCUT2D eigenvalue weighted by Crippen LogP contribution is 1.91. The maximum atomic E-state index is 10.4. The van der Waals surface area contributed by atoms with Gasteiger partial charge in [-0.1, -0.05) is 0 Å². The lowest BCUT2D eigenvalue weighted by Crippen LogP contribution is -2.19. The molecule has 0 spiro atoms. The smallest absolute Gasteiger partial charge is 0.302 e. The van der Waals surface area contributed by atoms with Crippen LogP contribution in [0.15, 0.2) is 0 Å². The summed E-state index contributed by atoms with van der Waals surface area (Å²) >= 11 is 0. The van der Waals surface area contributed by atoms with Crippen molar-refractivity contribution in [2.45, 2.75) is 20.0 Å². The maximum absolute atomic E-state index is 10.4. The molecule has 66 valence electrons. The fourth-order valence-corrected chi connectivity index (χ4v) is 0.615. The van der Waals surface area contributed by atoms with Crippen LogP contribution in [0.2, 0.25) is 0 Å². The third kappa shape index (κ3) is 7.29. The molecule has 0 aliphatic heterocycles. The fourth-order valence-electron chi connectivity index (χ4n) is 0.615. The molecule has 4 nitrogen and oxygen atoms in total. The lowest BCUT2D eigenvalue weighted by atomic mass is 10.4. The molecule has 0 aromatic heterocycles. The van der Waals surface area contributed by atoms with Crippen LogP contribution < -0.4 is 0 Å². The standard InChI is InChI=1S/C7H14O4/c1-6(11-7(2)8)4-10-5-9-3/h6H,4-5H2,1-3H3. The lowest BCUT2D eigenvalue weighted by molar-refractivity contribution is -0.150. The van der Waals surface area contributed by atoms with Gasteiger partial charge in [0.05, 0.1) is 6.61 Å². The van der Waals surface area contributed by atoms with Crippen LogP contribution in [0.4, 0.5) is 0 Å². The zero-order chi connectivity index (χ0) is 8.69. The van der Waals surface area contributed by atoms with E-state index in [1.54, 1.807) is 6.92 Å². The normalized spacial score (nSPS) is 12.6. The van der Waals surface area contributed by atoms with Crippen molar-refractivity contribution in [1.29, 1.82) is 0 Å². The van der Waals surface area contributed by atoms with E-state index in [9.17, 15) is 4.79 Å². The Morgan fingerprint density at radius 2 is 2.18 bits per heavy atom. The molecule has 0 aromatic carbocycles. The summed E-state index contributed by atoms with van der Waals surface area (Å²) in [5.74, 6) is -0.293. The van der Waals surface area contributed by atoms with Crippen molar-refractivity contribution in [2.75, 3.05) is 20.5 Å². The van der Waals surface area contributed by atoms with Gasteiger partial charge in [-0.05, 0) is 6.92 Å². The van der Waals surface area contributed by atoms with Crippen molar-refractivity contribution >= 4 is 5.97 Å². The van der Waals surface area contributed by atoms with E-state index in [1.165, 1.54) is 14.0 Å². The molecule has 1 atom stereocenters. The number of methoxy groups -OCH3 is 1. The fraction of sp³-hybridized carbons (Fsp3) is 0.857. The third-order valence-electron chi connectivity index (χ3n) is 0.921. The predicted molar refractivity (Wildman–Crippen MR) is 39.1 cm³/mol. The molecule has 0 bridgehead atoms. The van der Waals surface area contributed by atoms with Gasteiger partial charge in [0.25, 0.3) is 0 Å². The van der Waals surface area contributed by atoms with Crippen LogP contribution >= 0.6 is 0 Å². The highest BCUT2D eigenvalue weighted by Gasteiger charge is 2.03. The van der Waals surface area contributed by atoms with Gasteiger partial charge in [0.1, 0.15) is 12.9 Å². The summed E-state index contributed by atoms with van der Waals surface area (Å²) in [7, 11) is 1.54. The van der Waals surface area contributed by atoms with Crippen molar-refractivity contribution in [3.05, 3.63) is 0 Å². The third-order valence-corrected chi connectivity index (χ3v) is 0.921. The Hall–Kier alpha value is -0.610. The van der Waals surface area contributed by atoms with Crippen LogP contribution in [0.3, 0.4) is 0 Å². The van der Waals surface area contributed by atoms with Crippen LogP contribution in [0, 0.1) is 0 Å². The van der Waals surface area contributed by atoms with Crippen LogP contribution in [0.5, 0.6) is 0 Å². The molecular formula is C7H14O4. The molecule has 0 N–H and O–H groups in total. The summed E-state index contributed by atoms with van der Waals surface area (Å²) in [5.41, 5.74) is 0. The topological polar surface area (TPSA) is 44.8 Å². The Morgan fingerprint density at radius 3 is 2.64 bits per heavy atom. The number of carbonyl (C=O) groups excluding carboxylic acids is 1. The first-order valence-electron chi connectivity index (χ1n) is 3.40. The number of hydrogen-bond acceptors (Lipinski definition) is 4. The molecule has 0 aliphatic carbocycles. The Kier molecular flexibility index (Phi) is 5.78. The van der Waals surface area contributed by atoms with Crippen molar-refractivity contribution < 1.29 is 19.0 Å².